The van der Waals surface area contributed by atoms with Crippen molar-refractivity contribution in [3.05, 3.63) is 0 Å². The van der Waals surface area contributed by atoms with Crippen molar-refractivity contribution in [2.75, 3.05) is 0 Å². The average molecular weight is 225 g/mol. The summed E-state index contributed by atoms with van der Waals surface area (Å²) in [5.74, 6) is 0. The molecule has 0 aliphatic heterocycles. The predicted molar refractivity (Wildman–Crippen MR) is 14.3 cm³/mol. The van der Waals surface area contributed by atoms with Crippen molar-refractivity contribution in [3.8, 4) is 0 Å². The molecule has 0 saturated heterocycles. The maximum Gasteiger partial charge on any atom is 2.00 e. The van der Waals surface area contributed by atoms with Crippen LogP contribution < -0.4 is 0 Å². The summed E-state index contributed by atoms with van der Waals surface area (Å²) in [7, 11) is -4.64. The van der Waals surface area contributed by atoms with Gasteiger partial charge in [0.2, 0.25) is 0 Å². The molecule has 3 N–H and O–H groups in total. The van der Waals surface area contributed by atoms with Crippen molar-refractivity contribution in [3.63, 3.8) is 0 Å². The first-order valence-electron chi connectivity index (χ1n) is 0.783. The van der Waals surface area contributed by atoms with Gasteiger partial charge in [-0.25, -0.2) is 4.57 Å². The van der Waals surface area contributed by atoms with Gasteiger partial charge in [-0.15, -0.1) is 0 Å². The molecule has 0 fully saturated rings. The van der Waals surface area contributed by atoms with Crippen molar-refractivity contribution in [1.29, 1.82) is 0 Å². The summed E-state index contributed by atoms with van der Waals surface area (Å²) in [5, 5.41) is 0. The maximum atomic E-state index is 8.88. The molecule has 0 aromatic carbocycles. The molecule has 1 radical (unpaired) electrons. The van der Waals surface area contributed by atoms with Gasteiger partial charge in [0.25, 0.3) is 0 Å². The van der Waals surface area contributed by atoms with Crippen LogP contribution in [0.1, 0.15) is 0 Å². The third-order valence-electron chi connectivity index (χ3n) is 0. The number of rotatable bonds is 0. The topological polar surface area (TPSA) is 77.8 Å². The number of hydrogen-bond donors (Lipinski definition) is 3. The second kappa shape index (κ2) is 5.29. The Balaban J connectivity index is -0.0000000800. The van der Waals surface area contributed by atoms with E-state index in [9.17, 15) is 0 Å². The standard InChI is InChI=1S/2Cu.H3O4P/c;;1-5(2,3)4/h;;(H3,1,2,3,4)/q+1;+2;. The van der Waals surface area contributed by atoms with Crippen LogP contribution in [0.2, 0.25) is 0 Å². The molecule has 0 rings (SSSR count). The van der Waals surface area contributed by atoms with Gasteiger partial charge in [-0.05, 0) is 0 Å². The van der Waals surface area contributed by atoms with E-state index in [-0.39, 0.29) is 34.1 Å². The van der Waals surface area contributed by atoms with Crippen LogP contribution >= 0.6 is 7.82 Å². The van der Waals surface area contributed by atoms with Crippen LogP contribution in [0.25, 0.3) is 0 Å². The van der Waals surface area contributed by atoms with Crippen LogP contribution in [0.15, 0.2) is 0 Å². The molecule has 0 aromatic heterocycles. The number of phosphoric acid groups is 1. The van der Waals surface area contributed by atoms with Gasteiger partial charge in [-0.2, -0.15) is 0 Å². The zero-order valence-electron chi connectivity index (χ0n) is 2.80. The van der Waals surface area contributed by atoms with Crippen molar-refractivity contribution < 1.29 is 53.4 Å². The molecule has 0 heterocycles. The Bertz CT molecular complexity index is 55.8. The Hall–Kier alpha value is 1.15. The molecule has 0 bridgehead atoms. The molecule has 0 unspecified atom stereocenters. The Morgan fingerprint density at radius 3 is 1.14 bits per heavy atom. The second-order valence-electron chi connectivity index (χ2n) is 0.513. The maximum absolute atomic E-state index is 8.88. The molecule has 51 valence electrons. The van der Waals surface area contributed by atoms with Crippen LogP contribution in [0.5, 0.6) is 0 Å². The van der Waals surface area contributed by atoms with E-state index in [1.54, 1.807) is 0 Å². The molecule has 0 aliphatic carbocycles. The van der Waals surface area contributed by atoms with Crippen LogP contribution in [0.4, 0.5) is 0 Å². The zero-order valence-corrected chi connectivity index (χ0v) is 5.58. The minimum absolute atomic E-state index is 0. The van der Waals surface area contributed by atoms with Crippen molar-refractivity contribution in [2.24, 2.45) is 0 Å². The largest absolute Gasteiger partial charge is 2.00 e. The van der Waals surface area contributed by atoms with E-state index in [2.05, 4.69) is 0 Å². The van der Waals surface area contributed by atoms with Gasteiger partial charge in [0.1, 0.15) is 0 Å². The van der Waals surface area contributed by atoms with E-state index in [4.69, 9.17) is 19.2 Å². The van der Waals surface area contributed by atoms with Gasteiger partial charge in [0.15, 0.2) is 0 Å². The summed E-state index contributed by atoms with van der Waals surface area (Å²) in [6.07, 6.45) is 0. The average Bonchev–Trinajstić information content (AvgIpc) is 0.722. The van der Waals surface area contributed by atoms with Crippen LogP contribution in [-0.4, -0.2) is 14.7 Å². The molecular formula is H3Cu2O4P+3. The molecule has 0 atom stereocenters. The summed E-state index contributed by atoms with van der Waals surface area (Å²) in [6.45, 7) is 0. The van der Waals surface area contributed by atoms with E-state index in [0.29, 0.717) is 0 Å². The molecule has 0 spiro atoms. The van der Waals surface area contributed by atoms with E-state index < -0.39 is 7.82 Å². The summed E-state index contributed by atoms with van der Waals surface area (Å²) in [6, 6.07) is 0. The Morgan fingerprint density at radius 2 is 1.14 bits per heavy atom. The molecule has 7 heavy (non-hydrogen) atoms. The fourth-order valence-electron chi connectivity index (χ4n) is 0. The van der Waals surface area contributed by atoms with E-state index in [0.717, 1.165) is 0 Å². The predicted octanol–water partition coefficient (Wildman–Crippen LogP) is -0.934. The van der Waals surface area contributed by atoms with Gasteiger partial charge < -0.3 is 14.7 Å². The summed E-state index contributed by atoms with van der Waals surface area (Å²) in [4.78, 5) is 21.6. The SMILES string of the molecule is O=P(O)(O)O.[Cu+2].[Cu+]. The van der Waals surface area contributed by atoms with Crippen LogP contribution in [-0.2, 0) is 38.7 Å². The van der Waals surface area contributed by atoms with E-state index >= 15 is 0 Å². The Kier molecular flexibility index (Phi) is 11.9. The quantitative estimate of drug-likeness (QED) is 0.367. The van der Waals surface area contributed by atoms with Gasteiger partial charge in [-0.1, -0.05) is 0 Å². The normalized spacial score (nSPS) is 8.43. The molecule has 0 aliphatic rings. The van der Waals surface area contributed by atoms with Crippen molar-refractivity contribution in [2.45, 2.75) is 0 Å². The Morgan fingerprint density at radius 1 is 1.14 bits per heavy atom. The van der Waals surface area contributed by atoms with Gasteiger partial charge in [0, 0.05) is 0 Å². The minimum atomic E-state index is -4.64. The molecule has 0 saturated carbocycles. The molecule has 4 nitrogen and oxygen atoms in total. The van der Waals surface area contributed by atoms with E-state index in [1.165, 1.54) is 0 Å². The summed E-state index contributed by atoms with van der Waals surface area (Å²) < 4.78 is 8.88. The molecule has 0 amide bonds. The summed E-state index contributed by atoms with van der Waals surface area (Å²) in [5.41, 5.74) is 0. The van der Waals surface area contributed by atoms with Crippen molar-refractivity contribution >= 4 is 7.82 Å². The first kappa shape index (κ1) is 15.7. The first-order chi connectivity index (χ1) is 2.00. The fraction of sp³-hybridized carbons (Fsp3) is 0. The van der Waals surface area contributed by atoms with Crippen LogP contribution in [0.3, 0.4) is 0 Å². The molecular weight excluding hydrogens is 222 g/mol. The van der Waals surface area contributed by atoms with Gasteiger partial charge in [0.05, 0.1) is 0 Å². The zero-order chi connectivity index (χ0) is 4.50. The molecule has 7 heteroatoms. The molecule has 0 aromatic rings. The van der Waals surface area contributed by atoms with Crippen molar-refractivity contribution in [1.82, 2.24) is 0 Å². The van der Waals surface area contributed by atoms with E-state index in [1.807, 2.05) is 0 Å². The second-order valence-corrected chi connectivity index (χ2v) is 1.54. The third-order valence-corrected chi connectivity index (χ3v) is 0. The third kappa shape index (κ3) is 144. The summed E-state index contributed by atoms with van der Waals surface area (Å²) >= 11 is 0. The monoisotopic (exact) mass is 224 g/mol. The smallest absolute Gasteiger partial charge is 0.303 e. The van der Waals surface area contributed by atoms with Gasteiger partial charge in [-0.3, -0.25) is 0 Å². The fourth-order valence-corrected chi connectivity index (χ4v) is 0. The Labute approximate surface area is 61.5 Å². The first-order valence-corrected chi connectivity index (χ1v) is 2.35. The minimum Gasteiger partial charge on any atom is -0.303 e. The number of hydrogen-bond acceptors (Lipinski definition) is 1. The van der Waals surface area contributed by atoms with Crippen LogP contribution in [0, 0.1) is 0 Å². The van der Waals surface area contributed by atoms with Gasteiger partial charge >= 0.3 is 42.0 Å².